The first kappa shape index (κ1) is 15.5. The van der Waals surface area contributed by atoms with Crippen LogP contribution in [0.15, 0.2) is 0 Å². The second-order valence-electron chi connectivity index (χ2n) is 6.12. The third-order valence-electron chi connectivity index (χ3n) is 4.26. The van der Waals surface area contributed by atoms with Crippen LogP contribution in [0.5, 0.6) is 0 Å². The molecule has 0 aromatic rings. The van der Waals surface area contributed by atoms with Crippen LogP contribution in [0.2, 0.25) is 0 Å². The summed E-state index contributed by atoms with van der Waals surface area (Å²) in [5, 5.41) is 8.64. The maximum absolute atomic E-state index is 10.5. The molecular formula is C15H29NO2. The van der Waals surface area contributed by atoms with Crippen molar-refractivity contribution in [2.24, 2.45) is 17.6 Å². The fourth-order valence-corrected chi connectivity index (χ4v) is 2.97. The van der Waals surface area contributed by atoms with Crippen molar-refractivity contribution in [3.05, 3.63) is 0 Å². The zero-order valence-electron chi connectivity index (χ0n) is 11.7. The number of hydrogen-bond donors (Lipinski definition) is 2. The molecule has 1 aliphatic carbocycles. The fraction of sp³-hybridized carbons (Fsp3) is 0.933. The van der Waals surface area contributed by atoms with Gasteiger partial charge in [-0.25, -0.2) is 0 Å². The van der Waals surface area contributed by atoms with Gasteiger partial charge in [0.15, 0.2) is 0 Å². The molecule has 0 saturated heterocycles. The number of nitrogens with two attached hydrogens (primary N) is 1. The second-order valence-corrected chi connectivity index (χ2v) is 6.12. The summed E-state index contributed by atoms with van der Waals surface area (Å²) in [6, 6.07) is -0.167. The zero-order valence-corrected chi connectivity index (χ0v) is 11.7. The summed E-state index contributed by atoms with van der Waals surface area (Å²) in [6.07, 6.45) is 11.8. The maximum Gasteiger partial charge on any atom is 0.304 e. The standard InChI is InChI=1S/C15H29NO2/c1-12(8-10-14(16)11-15(17)18)7-9-13-5-3-2-4-6-13/h12-14H,2-11,16H2,1H3,(H,17,18). The Bertz CT molecular complexity index is 237. The molecule has 1 fully saturated rings. The van der Waals surface area contributed by atoms with Crippen molar-refractivity contribution in [2.45, 2.75) is 77.2 Å². The molecule has 1 saturated carbocycles. The van der Waals surface area contributed by atoms with E-state index in [-0.39, 0.29) is 12.5 Å². The number of aliphatic carboxylic acids is 1. The van der Waals surface area contributed by atoms with E-state index in [1.807, 2.05) is 0 Å². The Morgan fingerprint density at radius 3 is 2.50 bits per heavy atom. The molecule has 18 heavy (non-hydrogen) atoms. The molecule has 1 aliphatic rings. The van der Waals surface area contributed by atoms with E-state index in [2.05, 4.69) is 6.92 Å². The van der Waals surface area contributed by atoms with Crippen molar-refractivity contribution in [3.8, 4) is 0 Å². The van der Waals surface area contributed by atoms with Gasteiger partial charge >= 0.3 is 5.97 Å². The van der Waals surface area contributed by atoms with E-state index in [9.17, 15) is 4.79 Å². The maximum atomic E-state index is 10.5. The van der Waals surface area contributed by atoms with Crippen molar-refractivity contribution in [2.75, 3.05) is 0 Å². The third-order valence-corrected chi connectivity index (χ3v) is 4.26. The molecule has 0 amide bonds. The smallest absolute Gasteiger partial charge is 0.304 e. The Kier molecular flexibility index (Phi) is 7.33. The number of carbonyl (C=O) groups is 1. The number of hydrogen-bond acceptors (Lipinski definition) is 2. The molecule has 2 atom stereocenters. The highest BCUT2D eigenvalue weighted by Gasteiger charge is 2.15. The van der Waals surface area contributed by atoms with Crippen LogP contribution in [0.4, 0.5) is 0 Å². The van der Waals surface area contributed by atoms with Crippen molar-refractivity contribution in [1.29, 1.82) is 0 Å². The van der Waals surface area contributed by atoms with Crippen LogP contribution < -0.4 is 5.73 Å². The lowest BCUT2D eigenvalue weighted by Gasteiger charge is -2.23. The molecule has 0 aliphatic heterocycles. The van der Waals surface area contributed by atoms with E-state index >= 15 is 0 Å². The first-order chi connectivity index (χ1) is 8.58. The van der Waals surface area contributed by atoms with Crippen molar-refractivity contribution >= 4 is 5.97 Å². The van der Waals surface area contributed by atoms with E-state index in [4.69, 9.17) is 10.8 Å². The van der Waals surface area contributed by atoms with Crippen LogP contribution in [0, 0.1) is 11.8 Å². The number of carboxylic acid groups (broad SMARTS) is 1. The lowest BCUT2D eigenvalue weighted by Crippen LogP contribution is -2.24. The van der Waals surface area contributed by atoms with E-state index in [1.165, 1.54) is 44.9 Å². The van der Waals surface area contributed by atoms with Crippen LogP contribution in [-0.2, 0) is 4.79 Å². The van der Waals surface area contributed by atoms with E-state index in [0.29, 0.717) is 5.92 Å². The van der Waals surface area contributed by atoms with Gasteiger partial charge in [-0.15, -0.1) is 0 Å². The van der Waals surface area contributed by atoms with Crippen LogP contribution in [-0.4, -0.2) is 17.1 Å². The zero-order chi connectivity index (χ0) is 13.4. The Balaban J connectivity index is 2.05. The predicted octanol–water partition coefficient (Wildman–Crippen LogP) is 3.57. The van der Waals surface area contributed by atoms with Crippen LogP contribution >= 0.6 is 0 Å². The molecule has 0 aromatic carbocycles. The van der Waals surface area contributed by atoms with Gasteiger partial charge in [-0.1, -0.05) is 51.9 Å². The molecule has 0 aromatic heterocycles. The summed E-state index contributed by atoms with van der Waals surface area (Å²) < 4.78 is 0. The van der Waals surface area contributed by atoms with Gasteiger partial charge in [0.25, 0.3) is 0 Å². The lowest BCUT2D eigenvalue weighted by molar-refractivity contribution is -0.137. The Hall–Kier alpha value is -0.570. The van der Waals surface area contributed by atoms with Gasteiger partial charge in [-0.2, -0.15) is 0 Å². The average molecular weight is 255 g/mol. The van der Waals surface area contributed by atoms with Crippen LogP contribution in [0.25, 0.3) is 0 Å². The van der Waals surface area contributed by atoms with Crippen molar-refractivity contribution in [3.63, 3.8) is 0 Å². The quantitative estimate of drug-likeness (QED) is 0.697. The molecule has 1 rings (SSSR count). The lowest BCUT2D eigenvalue weighted by atomic mass is 9.83. The monoisotopic (exact) mass is 255 g/mol. The molecule has 0 heterocycles. The summed E-state index contributed by atoms with van der Waals surface area (Å²) in [5.74, 6) is 0.859. The molecule has 106 valence electrons. The Morgan fingerprint density at radius 2 is 1.89 bits per heavy atom. The molecule has 3 N–H and O–H groups in total. The largest absolute Gasteiger partial charge is 0.481 e. The van der Waals surface area contributed by atoms with Gasteiger partial charge in [0, 0.05) is 6.04 Å². The topological polar surface area (TPSA) is 63.3 Å². The minimum Gasteiger partial charge on any atom is -0.481 e. The van der Waals surface area contributed by atoms with Crippen molar-refractivity contribution in [1.82, 2.24) is 0 Å². The summed E-state index contributed by atoms with van der Waals surface area (Å²) in [5.41, 5.74) is 5.78. The summed E-state index contributed by atoms with van der Waals surface area (Å²) in [6.45, 7) is 2.27. The molecule has 3 heteroatoms. The molecule has 3 nitrogen and oxygen atoms in total. The minimum absolute atomic E-state index is 0.106. The third kappa shape index (κ3) is 7.00. The molecule has 0 radical (unpaired) electrons. The SMILES string of the molecule is CC(CCC(N)CC(=O)O)CCC1CCCCC1. The highest BCUT2D eigenvalue weighted by Crippen LogP contribution is 2.29. The molecule has 0 bridgehead atoms. The van der Waals surface area contributed by atoms with Crippen molar-refractivity contribution < 1.29 is 9.90 Å². The summed E-state index contributed by atoms with van der Waals surface area (Å²) in [7, 11) is 0. The molecular weight excluding hydrogens is 226 g/mol. The van der Waals surface area contributed by atoms with Gasteiger partial charge in [-0.05, 0) is 24.7 Å². The first-order valence-electron chi connectivity index (χ1n) is 7.55. The predicted molar refractivity (Wildman–Crippen MR) is 74.4 cm³/mol. The summed E-state index contributed by atoms with van der Waals surface area (Å²) in [4.78, 5) is 10.5. The second kappa shape index (κ2) is 8.52. The van der Waals surface area contributed by atoms with Gasteiger partial charge in [0.05, 0.1) is 6.42 Å². The van der Waals surface area contributed by atoms with Crippen LogP contribution in [0.3, 0.4) is 0 Å². The van der Waals surface area contributed by atoms with E-state index < -0.39 is 5.97 Å². The fourth-order valence-electron chi connectivity index (χ4n) is 2.97. The summed E-state index contributed by atoms with van der Waals surface area (Å²) >= 11 is 0. The van der Waals surface area contributed by atoms with Crippen LogP contribution in [0.1, 0.15) is 71.1 Å². The van der Waals surface area contributed by atoms with Gasteiger partial charge in [0.1, 0.15) is 0 Å². The number of carboxylic acids is 1. The van der Waals surface area contributed by atoms with E-state index in [1.54, 1.807) is 0 Å². The van der Waals surface area contributed by atoms with Gasteiger partial charge < -0.3 is 10.8 Å². The molecule has 2 unspecified atom stereocenters. The Labute approximate surface area is 111 Å². The van der Waals surface area contributed by atoms with Gasteiger partial charge in [-0.3, -0.25) is 4.79 Å². The number of rotatable bonds is 8. The van der Waals surface area contributed by atoms with Gasteiger partial charge in [0.2, 0.25) is 0 Å². The van der Waals surface area contributed by atoms with E-state index in [0.717, 1.165) is 18.8 Å². The minimum atomic E-state index is -0.780. The first-order valence-corrected chi connectivity index (χ1v) is 7.55. The highest BCUT2D eigenvalue weighted by atomic mass is 16.4. The average Bonchev–Trinajstić information content (AvgIpc) is 2.34. The Morgan fingerprint density at radius 1 is 1.22 bits per heavy atom. The molecule has 0 spiro atoms. The highest BCUT2D eigenvalue weighted by molar-refractivity contribution is 5.67. The normalized spacial score (nSPS) is 20.6.